The fraction of sp³-hybridized carbons (Fsp3) is 0.286. The largest absolute Gasteiger partial charge is 0.497 e. The molecule has 1 atom stereocenters. The summed E-state index contributed by atoms with van der Waals surface area (Å²) in [4.78, 5) is 13.0. The number of carbonyl (C=O) groups excluding carboxylic acids is 1. The van der Waals surface area contributed by atoms with Crippen LogP contribution in [0.5, 0.6) is 5.75 Å². The van der Waals surface area contributed by atoms with Crippen LogP contribution in [0.3, 0.4) is 0 Å². The van der Waals surface area contributed by atoms with E-state index in [4.69, 9.17) is 4.74 Å². The Labute approximate surface area is 142 Å². The molecule has 0 bridgehead atoms. The molecule has 124 valence electrons. The lowest BCUT2D eigenvalue weighted by Gasteiger charge is -2.10. The summed E-state index contributed by atoms with van der Waals surface area (Å²) in [6.45, 7) is 5.35. The fourth-order valence-corrected chi connectivity index (χ4v) is 2.96. The van der Waals surface area contributed by atoms with Gasteiger partial charge in [-0.25, -0.2) is 0 Å². The number of aromatic nitrogens is 1. The summed E-state index contributed by atoms with van der Waals surface area (Å²) in [6.07, 6.45) is 3.12. The van der Waals surface area contributed by atoms with Crippen molar-refractivity contribution in [3.63, 3.8) is 0 Å². The van der Waals surface area contributed by atoms with Crippen LogP contribution in [0.15, 0.2) is 54.7 Å². The predicted molar refractivity (Wildman–Crippen MR) is 97.8 cm³/mol. The number of hydrogen-bond acceptors (Lipinski definition) is 2. The van der Waals surface area contributed by atoms with Gasteiger partial charge in [-0.2, -0.15) is 0 Å². The van der Waals surface area contributed by atoms with Crippen LogP contribution in [0.4, 0.5) is 0 Å². The maximum absolute atomic E-state index is 13.0. The van der Waals surface area contributed by atoms with Crippen LogP contribution in [0.25, 0.3) is 10.9 Å². The molecule has 1 heterocycles. The summed E-state index contributed by atoms with van der Waals surface area (Å²) < 4.78 is 7.45. The van der Waals surface area contributed by atoms with Gasteiger partial charge in [-0.1, -0.05) is 50.6 Å². The Hall–Kier alpha value is -2.55. The Morgan fingerprint density at radius 3 is 2.71 bits per heavy atom. The van der Waals surface area contributed by atoms with E-state index in [-0.39, 0.29) is 5.78 Å². The minimum atomic E-state index is 0.0352. The number of para-hydroxylation sites is 1. The smallest absolute Gasteiger partial charge is 0.195 e. The highest BCUT2D eigenvalue weighted by molar-refractivity contribution is 6.16. The molecule has 24 heavy (non-hydrogen) atoms. The summed E-state index contributed by atoms with van der Waals surface area (Å²) in [5.41, 5.74) is 2.52. The number of ketones is 1. The molecule has 0 spiro atoms. The van der Waals surface area contributed by atoms with Crippen molar-refractivity contribution >= 4 is 16.7 Å². The molecule has 0 fully saturated rings. The number of methoxy groups -OCH3 is 1. The third-order valence-corrected chi connectivity index (χ3v) is 4.57. The van der Waals surface area contributed by atoms with Gasteiger partial charge in [0.1, 0.15) is 5.75 Å². The number of ether oxygens (including phenoxy) is 1. The van der Waals surface area contributed by atoms with E-state index in [0.717, 1.165) is 29.4 Å². The highest BCUT2D eigenvalue weighted by Crippen LogP contribution is 2.26. The molecule has 0 aliphatic heterocycles. The van der Waals surface area contributed by atoms with Crippen LogP contribution in [0.1, 0.15) is 36.2 Å². The van der Waals surface area contributed by atoms with Crippen molar-refractivity contribution in [1.29, 1.82) is 0 Å². The topological polar surface area (TPSA) is 31.2 Å². The maximum Gasteiger partial charge on any atom is 0.195 e. The zero-order valence-electron chi connectivity index (χ0n) is 14.5. The molecule has 1 unspecified atom stereocenters. The highest BCUT2D eigenvalue weighted by atomic mass is 16.5. The van der Waals surface area contributed by atoms with Gasteiger partial charge in [-0.05, 0) is 24.1 Å². The first kappa shape index (κ1) is 16.3. The number of carbonyl (C=O) groups is 1. The average Bonchev–Trinajstić information content (AvgIpc) is 2.99. The molecule has 0 radical (unpaired) electrons. The molecule has 0 aliphatic rings. The van der Waals surface area contributed by atoms with E-state index in [2.05, 4.69) is 24.5 Å². The first-order valence-electron chi connectivity index (χ1n) is 8.40. The lowest BCUT2D eigenvalue weighted by atomic mass is 10.0. The molecule has 3 heteroatoms. The van der Waals surface area contributed by atoms with Crippen LogP contribution in [-0.2, 0) is 6.54 Å². The van der Waals surface area contributed by atoms with Gasteiger partial charge in [0.05, 0.1) is 7.11 Å². The number of benzene rings is 2. The number of rotatable bonds is 6. The third kappa shape index (κ3) is 3.07. The van der Waals surface area contributed by atoms with Crippen LogP contribution >= 0.6 is 0 Å². The van der Waals surface area contributed by atoms with Crippen LogP contribution in [0.2, 0.25) is 0 Å². The second-order valence-electron chi connectivity index (χ2n) is 6.29. The quantitative estimate of drug-likeness (QED) is 0.603. The van der Waals surface area contributed by atoms with E-state index in [1.165, 1.54) is 0 Å². The second kappa shape index (κ2) is 6.91. The summed E-state index contributed by atoms with van der Waals surface area (Å²) >= 11 is 0. The minimum Gasteiger partial charge on any atom is -0.497 e. The minimum absolute atomic E-state index is 0.0352. The Morgan fingerprint density at radius 1 is 1.17 bits per heavy atom. The van der Waals surface area contributed by atoms with Gasteiger partial charge < -0.3 is 9.30 Å². The maximum atomic E-state index is 13.0. The molecular formula is C21H23NO2. The molecule has 3 aromatic rings. The summed E-state index contributed by atoms with van der Waals surface area (Å²) in [6, 6.07) is 15.4. The fourth-order valence-electron chi connectivity index (χ4n) is 2.96. The van der Waals surface area contributed by atoms with Crippen molar-refractivity contribution in [3.8, 4) is 5.75 Å². The van der Waals surface area contributed by atoms with E-state index < -0.39 is 0 Å². The van der Waals surface area contributed by atoms with Crippen molar-refractivity contribution in [3.05, 3.63) is 65.9 Å². The van der Waals surface area contributed by atoms with Crippen molar-refractivity contribution in [2.75, 3.05) is 7.11 Å². The Morgan fingerprint density at radius 2 is 1.96 bits per heavy atom. The molecule has 1 aromatic heterocycles. The standard InChI is InChI=1S/C21H23NO2/c1-4-15(2)13-22-14-19(18-10-5-6-11-20(18)22)21(23)16-8-7-9-17(12-16)24-3/h5-12,14-15H,4,13H2,1-3H3. The van der Waals surface area contributed by atoms with Gasteiger partial charge in [-0.3, -0.25) is 4.79 Å². The lowest BCUT2D eigenvalue weighted by Crippen LogP contribution is -2.06. The molecule has 3 nitrogen and oxygen atoms in total. The Kier molecular flexibility index (Phi) is 4.70. The Balaban J connectivity index is 2.07. The third-order valence-electron chi connectivity index (χ3n) is 4.57. The van der Waals surface area contributed by atoms with Gasteiger partial charge in [0.2, 0.25) is 0 Å². The molecular weight excluding hydrogens is 298 g/mol. The van der Waals surface area contributed by atoms with E-state index in [9.17, 15) is 4.79 Å². The molecule has 2 aromatic carbocycles. The Bertz CT molecular complexity index is 863. The van der Waals surface area contributed by atoms with Crippen molar-refractivity contribution in [1.82, 2.24) is 4.57 Å². The van der Waals surface area contributed by atoms with Gasteiger partial charge in [-0.15, -0.1) is 0 Å². The van der Waals surface area contributed by atoms with Crippen LogP contribution in [0, 0.1) is 5.92 Å². The molecule has 0 saturated carbocycles. The van der Waals surface area contributed by atoms with Crippen molar-refractivity contribution in [2.45, 2.75) is 26.8 Å². The van der Waals surface area contributed by atoms with E-state index in [1.54, 1.807) is 13.2 Å². The molecule has 3 rings (SSSR count). The average molecular weight is 321 g/mol. The number of hydrogen-bond donors (Lipinski definition) is 0. The number of nitrogens with zero attached hydrogens (tertiary/aromatic N) is 1. The van der Waals surface area contributed by atoms with Gasteiger partial charge in [0.15, 0.2) is 5.78 Å². The summed E-state index contributed by atoms with van der Waals surface area (Å²) in [5.74, 6) is 1.30. The highest BCUT2D eigenvalue weighted by Gasteiger charge is 2.17. The zero-order valence-corrected chi connectivity index (χ0v) is 14.5. The van der Waals surface area contributed by atoms with Crippen LogP contribution in [-0.4, -0.2) is 17.5 Å². The lowest BCUT2D eigenvalue weighted by molar-refractivity contribution is 0.103. The van der Waals surface area contributed by atoms with Crippen LogP contribution < -0.4 is 4.74 Å². The molecule has 0 amide bonds. The van der Waals surface area contributed by atoms with E-state index >= 15 is 0 Å². The number of fused-ring (bicyclic) bond motifs is 1. The van der Waals surface area contributed by atoms with E-state index in [1.807, 2.05) is 42.6 Å². The van der Waals surface area contributed by atoms with E-state index in [0.29, 0.717) is 17.2 Å². The summed E-state index contributed by atoms with van der Waals surface area (Å²) in [5, 5.41) is 1.01. The predicted octanol–water partition coefficient (Wildman–Crippen LogP) is 4.93. The summed E-state index contributed by atoms with van der Waals surface area (Å²) in [7, 11) is 1.61. The molecule has 0 N–H and O–H groups in total. The molecule has 0 aliphatic carbocycles. The monoisotopic (exact) mass is 321 g/mol. The first-order valence-corrected chi connectivity index (χ1v) is 8.40. The van der Waals surface area contributed by atoms with Gasteiger partial charge in [0.25, 0.3) is 0 Å². The van der Waals surface area contributed by atoms with Gasteiger partial charge in [0, 0.05) is 34.8 Å². The normalized spacial score (nSPS) is 12.3. The van der Waals surface area contributed by atoms with Crippen molar-refractivity contribution < 1.29 is 9.53 Å². The molecule has 0 saturated heterocycles. The SMILES string of the molecule is CCC(C)Cn1cc(C(=O)c2cccc(OC)c2)c2ccccc21. The van der Waals surface area contributed by atoms with Gasteiger partial charge >= 0.3 is 0 Å². The second-order valence-corrected chi connectivity index (χ2v) is 6.29. The first-order chi connectivity index (χ1) is 11.6. The van der Waals surface area contributed by atoms with Crippen molar-refractivity contribution in [2.24, 2.45) is 5.92 Å². The zero-order chi connectivity index (χ0) is 17.1.